The lowest BCUT2D eigenvalue weighted by Crippen LogP contribution is -2.18. The average molecular weight is 284 g/mol. The van der Waals surface area contributed by atoms with Gasteiger partial charge in [-0.15, -0.1) is 0 Å². The van der Waals surface area contributed by atoms with E-state index in [9.17, 15) is 10.1 Å². The zero-order valence-corrected chi connectivity index (χ0v) is 11.1. The number of nitrogens with two attached hydrogens (primary N) is 1. The molecule has 0 aliphatic carbocycles. The predicted molar refractivity (Wildman–Crippen MR) is 70.0 cm³/mol. The average Bonchev–Trinajstić information content (AvgIpc) is 2.42. The fourth-order valence-corrected chi connectivity index (χ4v) is 1.33. The topological polar surface area (TPSA) is 133 Å². The van der Waals surface area contributed by atoms with Gasteiger partial charge in [0.15, 0.2) is 11.5 Å². The van der Waals surface area contributed by atoms with Crippen LogP contribution in [-0.4, -0.2) is 40.3 Å². The second kappa shape index (κ2) is 7.24. The van der Waals surface area contributed by atoms with Gasteiger partial charge in [0.1, 0.15) is 6.61 Å². The standard InChI is InChI=1S/C11H16N4O5/c1-7(2)19-5-6-20-9-4-3-8(15(17)18)10(13-9)11(12)14-16/h3-4,7,16H,5-6H2,1-2H3,(H2,12,14). The van der Waals surface area contributed by atoms with Crippen molar-refractivity contribution in [3.8, 4) is 5.88 Å². The van der Waals surface area contributed by atoms with Crippen molar-refractivity contribution in [1.29, 1.82) is 0 Å². The Morgan fingerprint density at radius 1 is 1.55 bits per heavy atom. The minimum absolute atomic E-state index is 0.0798. The van der Waals surface area contributed by atoms with E-state index in [2.05, 4.69) is 10.1 Å². The van der Waals surface area contributed by atoms with Crippen molar-refractivity contribution in [3.63, 3.8) is 0 Å². The number of pyridine rings is 1. The summed E-state index contributed by atoms with van der Waals surface area (Å²) in [6, 6.07) is 2.51. The number of aromatic nitrogens is 1. The smallest absolute Gasteiger partial charge is 0.299 e. The number of ether oxygens (including phenoxy) is 2. The van der Waals surface area contributed by atoms with Crippen LogP contribution in [0.2, 0.25) is 0 Å². The molecule has 0 unspecified atom stereocenters. The number of amidine groups is 1. The van der Waals surface area contributed by atoms with Gasteiger partial charge in [-0.25, -0.2) is 4.98 Å². The van der Waals surface area contributed by atoms with E-state index in [1.807, 2.05) is 13.8 Å². The highest BCUT2D eigenvalue weighted by molar-refractivity contribution is 5.98. The first-order valence-electron chi connectivity index (χ1n) is 5.83. The maximum absolute atomic E-state index is 10.8. The highest BCUT2D eigenvalue weighted by Gasteiger charge is 2.20. The molecule has 3 N–H and O–H groups in total. The number of nitro groups is 1. The zero-order chi connectivity index (χ0) is 15.1. The van der Waals surface area contributed by atoms with Gasteiger partial charge in [0.05, 0.1) is 17.6 Å². The van der Waals surface area contributed by atoms with E-state index in [0.29, 0.717) is 6.61 Å². The van der Waals surface area contributed by atoms with Crippen LogP contribution in [0.3, 0.4) is 0 Å². The summed E-state index contributed by atoms with van der Waals surface area (Å²) in [6.45, 7) is 4.37. The summed E-state index contributed by atoms with van der Waals surface area (Å²) < 4.78 is 10.6. The lowest BCUT2D eigenvalue weighted by atomic mass is 10.3. The van der Waals surface area contributed by atoms with Gasteiger partial charge in [-0.2, -0.15) is 0 Å². The Balaban J connectivity index is 2.82. The van der Waals surface area contributed by atoms with E-state index in [1.165, 1.54) is 12.1 Å². The predicted octanol–water partition coefficient (Wildman–Crippen LogP) is 0.888. The lowest BCUT2D eigenvalue weighted by Gasteiger charge is -2.09. The summed E-state index contributed by atoms with van der Waals surface area (Å²) in [5, 5.41) is 22.1. The molecule has 1 rings (SSSR count). The summed E-state index contributed by atoms with van der Waals surface area (Å²) in [6.07, 6.45) is 0.0798. The molecule has 20 heavy (non-hydrogen) atoms. The molecule has 0 amide bonds. The Kier molecular flexibility index (Phi) is 5.66. The minimum Gasteiger partial charge on any atom is -0.475 e. The van der Waals surface area contributed by atoms with Gasteiger partial charge in [-0.1, -0.05) is 5.16 Å². The van der Waals surface area contributed by atoms with Gasteiger partial charge in [0, 0.05) is 12.1 Å². The molecule has 0 atom stereocenters. The third kappa shape index (κ3) is 4.35. The molecule has 1 aromatic rings. The number of hydrogen-bond donors (Lipinski definition) is 2. The van der Waals surface area contributed by atoms with Crippen LogP contribution in [0, 0.1) is 10.1 Å². The first-order valence-corrected chi connectivity index (χ1v) is 5.83. The first-order chi connectivity index (χ1) is 9.45. The van der Waals surface area contributed by atoms with E-state index >= 15 is 0 Å². The third-order valence-electron chi connectivity index (χ3n) is 2.18. The van der Waals surface area contributed by atoms with Crippen LogP contribution in [0.5, 0.6) is 5.88 Å². The van der Waals surface area contributed by atoms with Crippen molar-refractivity contribution in [1.82, 2.24) is 4.98 Å². The van der Waals surface area contributed by atoms with Crippen molar-refractivity contribution in [2.45, 2.75) is 20.0 Å². The Hall–Kier alpha value is -2.42. The third-order valence-corrected chi connectivity index (χ3v) is 2.18. The van der Waals surface area contributed by atoms with Gasteiger partial charge in [0.25, 0.3) is 5.69 Å². The van der Waals surface area contributed by atoms with E-state index in [-0.39, 0.29) is 30.0 Å². The van der Waals surface area contributed by atoms with E-state index in [4.69, 9.17) is 20.4 Å². The molecule has 0 bridgehead atoms. The Morgan fingerprint density at radius 3 is 2.80 bits per heavy atom. The van der Waals surface area contributed by atoms with E-state index < -0.39 is 10.8 Å². The molecule has 9 nitrogen and oxygen atoms in total. The maximum Gasteiger partial charge on any atom is 0.299 e. The maximum atomic E-state index is 10.8. The molecule has 9 heteroatoms. The van der Waals surface area contributed by atoms with Gasteiger partial charge in [-0.3, -0.25) is 10.1 Å². The van der Waals surface area contributed by atoms with Gasteiger partial charge in [0.2, 0.25) is 5.88 Å². The van der Waals surface area contributed by atoms with Gasteiger partial charge in [-0.05, 0) is 13.8 Å². The number of nitrogens with zero attached hydrogens (tertiary/aromatic N) is 3. The van der Waals surface area contributed by atoms with Gasteiger partial charge < -0.3 is 20.4 Å². The molecule has 0 saturated carbocycles. The molecule has 110 valence electrons. The van der Waals surface area contributed by atoms with Crippen molar-refractivity contribution < 1.29 is 19.6 Å². The lowest BCUT2D eigenvalue weighted by molar-refractivity contribution is -0.385. The number of hydrogen-bond acceptors (Lipinski definition) is 7. The minimum atomic E-state index is -0.675. The molecule has 0 aliphatic rings. The molecule has 0 fully saturated rings. The molecule has 1 aromatic heterocycles. The second-order valence-electron chi connectivity index (χ2n) is 4.03. The van der Waals surface area contributed by atoms with Crippen molar-refractivity contribution in [2.75, 3.05) is 13.2 Å². The first kappa shape index (κ1) is 15.6. The van der Waals surface area contributed by atoms with Crippen LogP contribution >= 0.6 is 0 Å². The summed E-state index contributed by atoms with van der Waals surface area (Å²) in [7, 11) is 0. The zero-order valence-electron chi connectivity index (χ0n) is 11.1. The molecular weight excluding hydrogens is 268 g/mol. The SMILES string of the molecule is CC(C)OCCOc1ccc([N+](=O)[O-])c(/C(N)=N/O)n1. The quantitative estimate of drug-likeness (QED) is 0.190. The highest BCUT2D eigenvalue weighted by atomic mass is 16.6. The fraction of sp³-hybridized carbons (Fsp3) is 0.455. The van der Waals surface area contributed by atoms with Crippen molar-refractivity contribution in [2.24, 2.45) is 10.9 Å². The van der Waals surface area contributed by atoms with Crippen molar-refractivity contribution in [3.05, 3.63) is 27.9 Å². The molecular formula is C11H16N4O5. The van der Waals surface area contributed by atoms with Crippen LogP contribution in [0.4, 0.5) is 5.69 Å². The molecule has 0 aromatic carbocycles. The molecule has 0 saturated heterocycles. The summed E-state index contributed by atoms with van der Waals surface area (Å²) in [5.41, 5.74) is 4.73. The second-order valence-corrected chi connectivity index (χ2v) is 4.03. The van der Waals surface area contributed by atoms with Crippen LogP contribution in [0.1, 0.15) is 19.5 Å². The number of oxime groups is 1. The monoisotopic (exact) mass is 284 g/mol. The molecule has 0 radical (unpaired) electrons. The van der Waals surface area contributed by atoms with Crippen LogP contribution in [0.25, 0.3) is 0 Å². The largest absolute Gasteiger partial charge is 0.475 e. The molecule has 1 heterocycles. The fourth-order valence-electron chi connectivity index (χ4n) is 1.33. The Bertz CT molecular complexity index is 504. The van der Waals surface area contributed by atoms with Gasteiger partial charge >= 0.3 is 0 Å². The normalized spacial score (nSPS) is 11.7. The summed E-state index contributed by atoms with van der Waals surface area (Å²) in [5.74, 6) is -0.329. The van der Waals surface area contributed by atoms with Crippen LogP contribution in [0.15, 0.2) is 17.3 Å². The Morgan fingerprint density at radius 2 is 2.25 bits per heavy atom. The number of rotatable bonds is 7. The Labute approximate surface area is 115 Å². The summed E-state index contributed by atoms with van der Waals surface area (Å²) in [4.78, 5) is 14.0. The van der Waals surface area contributed by atoms with Crippen molar-refractivity contribution >= 4 is 11.5 Å². The van der Waals surface area contributed by atoms with E-state index in [1.54, 1.807) is 0 Å². The highest BCUT2D eigenvalue weighted by Crippen LogP contribution is 2.20. The molecule has 0 aliphatic heterocycles. The molecule has 0 spiro atoms. The van der Waals surface area contributed by atoms with Crippen LogP contribution < -0.4 is 10.5 Å². The van der Waals surface area contributed by atoms with E-state index in [0.717, 1.165) is 0 Å². The summed E-state index contributed by atoms with van der Waals surface area (Å²) >= 11 is 0. The van der Waals surface area contributed by atoms with Crippen LogP contribution in [-0.2, 0) is 4.74 Å².